The summed E-state index contributed by atoms with van der Waals surface area (Å²) in [5.41, 5.74) is -0.165. The van der Waals surface area contributed by atoms with Crippen LogP contribution in [0.2, 0.25) is 10.0 Å². The van der Waals surface area contributed by atoms with Crippen LogP contribution in [0, 0.1) is 5.92 Å². The van der Waals surface area contributed by atoms with Gasteiger partial charge in [0.2, 0.25) is 17.7 Å². The van der Waals surface area contributed by atoms with Crippen molar-refractivity contribution in [1.82, 2.24) is 4.57 Å². The molecule has 4 aromatic rings. The molecule has 3 heterocycles. The molecular weight excluding hydrogens is 646 g/mol. The van der Waals surface area contributed by atoms with E-state index in [2.05, 4.69) is 5.32 Å². The van der Waals surface area contributed by atoms with Crippen molar-refractivity contribution in [2.75, 3.05) is 10.2 Å². The zero-order valence-electron chi connectivity index (χ0n) is 21.6. The van der Waals surface area contributed by atoms with Crippen LogP contribution < -0.4 is 15.1 Å². The van der Waals surface area contributed by atoms with Gasteiger partial charge >= 0.3 is 11.0 Å². The summed E-state index contributed by atoms with van der Waals surface area (Å²) in [5, 5.41) is 2.50. The van der Waals surface area contributed by atoms with Gasteiger partial charge in [-0.3, -0.25) is 23.7 Å². The van der Waals surface area contributed by atoms with E-state index in [9.17, 15) is 32.3 Å². The Morgan fingerprint density at radius 1 is 0.907 bits per heavy atom. The quantitative estimate of drug-likeness (QED) is 0.241. The number of thioether (sulfide) groups is 1. The molecule has 1 aromatic heterocycles. The summed E-state index contributed by atoms with van der Waals surface area (Å²) in [6.45, 7) is -0.393. The van der Waals surface area contributed by atoms with E-state index in [1.807, 2.05) is 0 Å². The maximum Gasteiger partial charge on any atom is 0.416 e. The van der Waals surface area contributed by atoms with E-state index in [1.54, 1.807) is 36.4 Å². The van der Waals surface area contributed by atoms with Crippen LogP contribution in [0.3, 0.4) is 0 Å². The van der Waals surface area contributed by atoms with Gasteiger partial charge in [0.15, 0.2) is 0 Å². The Kier molecular flexibility index (Phi) is 7.66. The van der Waals surface area contributed by atoms with Crippen molar-refractivity contribution in [2.24, 2.45) is 5.92 Å². The van der Waals surface area contributed by atoms with Gasteiger partial charge in [-0.2, -0.15) is 13.2 Å². The number of carbonyl (C=O) groups excluding carboxylic acids is 3. The smallest absolute Gasteiger partial charge is 0.324 e. The number of thiazole rings is 1. The molecule has 0 saturated carbocycles. The van der Waals surface area contributed by atoms with Crippen LogP contribution in [0.1, 0.15) is 21.9 Å². The molecule has 1 saturated heterocycles. The van der Waals surface area contributed by atoms with Crippen LogP contribution in [0.25, 0.3) is 0 Å². The second kappa shape index (κ2) is 11.2. The number of aromatic nitrogens is 1. The zero-order chi connectivity index (χ0) is 30.6. The lowest BCUT2D eigenvalue weighted by atomic mass is 9.83. The van der Waals surface area contributed by atoms with Crippen molar-refractivity contribution in [3.63, 3.8) is 0 Å². The van der Waals surface area contributed by atoms with Crippen molar-refractivity contribution in [2.45, 2.75) is 28.9 Å². The standard InChI is InChI=1S/C29H18Cl2F3N3O4S2/c30-18-10-9-16(12-19(18)31)35-20(38)13-36-27-24(43-28(36)41)21(14-5-2-1-3-6-14)22-23(42-27)26(40)37(25(22)39)17-8-4-7-15(11-17)29(32,33)34/h1-12,21-23H,13H2,(H,35,38)/t21-,22?,23?/m1/s1. The van der Waals surface area contributed by atoms with Crippen LogP contribution >= 0.6 is 46.3 Å². The SMILES string of the molecule is O=C(Cn1c2c(sc1=O)[C@H](c1ccccc1)C1C(=O)N(c3cccc(C(F)(F)F)c3)C(=O)C1S2)Nc1ccc(Cl)c(Cl)c1. The first-order valence-electron chi connectivity index (χ1n) is 12.7. The van der Waals surface area contributed by atoms with Gasteiger partial charge in [-0.1, -0.05) is 82.7 Å². The van der Waals surface area contributed by atoms with Gasteiger partial charge in [-0.25, -0.2) is 4.90 Å². The average molecular weight is 665 g/mol. The molecule has 1 fully saturated rings. The fourth-order valence-electron chi connectivity index (χ4n) is 5.27. The molecule has 3 aromatic carbocycles. The Hall–Kier alpha value is -3.58. The van der Waals surface area contributed by atoms with Gasteiger partial charge in [0.1, 0.15) is 11.8 Å². The minimum absolute atomic E-state index is 0.187. The second-order valence-electron chi connectivity index (χ2n) is 9.81. The Morgan fingerprint density at radius 3 is 2.35 bits per heavy atom. The largest absolute Gasteiger partial charge is 0.416 e. The topological polar surface area (TPSA) is 88.5 Å². The van der Waals surface area contributed by atoms with Gasteiger partial charge in [-0.05, 0) is 42.0 Å². The molecule has 1 N–H and O–H groups in total. The highest BCUT2D eigenvalue weighted by Crippen LogP contribution is 2.54. The van der Waals surface area contributed by atoms with Crippen LogP contribution in [0.5, 0.6) is 0 Å². The fourth-order valence-corrected chi connectivity index (χ4v) is 8.34. The van der Waals surface area contributed by atoms with Crippen LogP contribution in [0.15, 0.2) is 82.6 Å². The van der Waals surface area contributed by atoms with Gasteiger partial charge in [0, 0.05) is 16.5 Å². The Bertz CT molecular complexity index is 1840. The lowest BCUT2D eigenvalue weighted by Gasteiger charge is -2.30. The van der Waals surface area contributed by atoms with Crippen LogP contribution in [-0.4, -0.2) is 27.5 Å². The molecule has 14 heteroatoms. The lowest BCUT2D eigenvalue weighted by Crippen LogP contribution is -2.33. The van der Waals surface area contributed by atoms with E-state index in [4.69, 9.17) is 23.2 Å². The van der Waals surface area contributed by atoms with Crippen molar-refractivity contribution >= 4 is 75.4 Å². The predicted octanol–water partition coefficient (Wildman–Crippen LogP) is 6.67. The van der Waals surface area contributed by atoms with Crippen molar-refractivity contribution in [3.05, 3.63) is 109 Å². The number of hydrogen-bond acceptors (Lipinski definition) is 6. The second-order valence-corrected chi connectivity index (χ2v) is 12.8. The molecule has 0 radical (unpaired) electrons. The van der Waals surface area contributed by atoms with E-state index >= 15 is 0 Å². The molecule has 2 unspecified atom stereocenters. The maximum absolute atomic E-state index is 13.9. The van der Waals surface area contributed by atoms with Crippen molar-refractivity contribution in [1.29, 1.82) is 0 Å². The molecule has 3 atom stereocenters. The Balaban J connectivity index is 1.39. The first kappa shape index (κ1) is 29.5. The summed E-state index contributed by atoms with van der Waals surface area (Å²) in [6, 6.07) is 17.4. The van der Waals surface area contributed by atoms with Crippen LogP contribution in [0.4, 0.5) is 24.5 Å². The molecule has 3 amide bonds. The number of nitrogens with one attached hydrogen (secondary N) is 1. The zero-order valence-corrected chi connectivity index (χ0v) is 24.7. The number of imide groups is 1. The molecule has 0 spiro atoms. The van der Waals surface area contributed by atoms with Gasteiger partial charge in [0.25, 0.3) is 0 Å². The highest BCUT2D eigenvalue weighted by atomic mass is 35.5. The number of rotatable bonds is 5. The summed E-state index contributed by atoms with van der Waals surface area (Å²) in [5.74, 6) is -3.63. The molecule has 0 bridgehead atoms. The Morgan fingerprint density at radius 2 is 1.65 bits per heavy atom. The number of anilines is 2. The first-order valence-corrected chi connectivity index (χ1v) is 15.1. The number of benzene rings is 3. The highest BCUT2D eigenvalue weighted by Gasteiger charge is 2.57. The lowest BCUT2D eigenvalue weighted by molar-refractivity contribution is -0.137. The highest BCUT2D eigenvalue weighted by molar-refractivity contribution is 8.00. The third kappa shape index (κ3) is 5.37. The fraction of sp³-hybridized carbons (Fsp3) is 0.172. The summed E-state index contributed by atoms with van der Waals surface area (Å²) in [4.78, 5) is 54.7. The Labute approximate surface area is 260 Å². The number of fused-ring (bicyclic) bond motifs is 2. The normalized spacial score (nSPS) is 19.7. The van der Waals surface area contributed by atoms with Crippen LogP contribution in [-0.2, 0) is 27.1 Å². The van der Waals surface area contributed by atoms with E-state index in [0.717, 1.165) is 46.2 Å². The molecule has 2 aliphatic rings. The van der Waals surface area contributed by atoms with E-state index in [1.165, 1.54) is 22.8 Å². The number of amides is 3. The summed E-state index contributed by atoms with van der Waals surface area (Å²) >= 11 is 13.8. The van der Waals surface area contributed by atoms with Gasteiger partial charge < -0.3 is 5.32 Å². The summed E-state index contributed by atoms with van der Waals surface area (Å²) in [6.07, 6.45) is -4.67. The minimum Gasteiger partial charge on any atom is -0.324 e. The number of alkyl halides is 3. The van der Waals surface area contributed by atoms with Gasteiger partial charge in [-0.15, -0.1) is 0 Å². The third-order valence-corrected chi connectivity index (χ3v) is 10.5. The van der Waals surface area contributed by atoms with E-state index in [-0.39, 0.29) is 10.7 Å². The summed E-state index contributed by atoms with van der Waals surface area (Å²) < 4.78 is 41.6. The summed E-state index contributed by atoms with van der Waals surface area (Å²) in [7, 11) is 0. The molecule has 2 aliphatic heterocycles. The molecular formula is C29H18Cl2F3N3O4S2. The number of halogens is 5. The van der Waals surface area contributed by atoms with E-state index in [0.29, 0.717) is 26.2 Å². The van der Waals surface area contributed by atoms with Gasteiger partial charge in [0.05, 0.1) is 32.2 Å². The minimum atomic E-state index is -4.67. The van der Waals surface area contributed by atoms with E-state index < -0.39 is 58.0 Å². The molecule has 43 heavy (non-hydrogen) atoms. The van der Waals surface area contributed by atoms with Crippen molar-refractivity contribution in [3.8, 4) is 0 Å². The molecule has 6 rings (SSSR count). The third-order valence-electron chi connectivity index (χ3n) is 7.14. The maximum atomic E-state index is 13.9. The van der Waals surface area contributed by atoms with Crippen molar-refractivity contribution < 1.29 is 27.6 Å². The predicted molar refractivity (Wildman–Crippen MR) is 159 cm³/mol. The first-order chi connectivity index (χ1) is 20.4. The molecule has 7 nitrogen and oxygen atoms in total. The molecule has 220 valence electrons. The number of carbonyl (C=O) groups is 3. The number of hydrogen-bond donors (Lipinski definition) is 1. The monoisotopic (exact) mass is 663 g/mol. The average Bonchev–Trinajstić information content (AvgIpc) is 3.41. The number of nitrogens with zero attached hydrogens (tertiary/aromatic N) is 2. The molecule has 0 aliphatic carbocycles.